The van der Waals surface area contributed by atoms with E-state index in [1.807, 2.05) is 38.1 Å². The van der Waals surface area contributed by atoms with E-state index in [4.69, 9.17) is 14.7 Å². The van der Waals surface area contributed by atoms with Gasteiger partial charge in [-0.05, 0) is 25.0 Å². The molecule has 2 rings (SSSR count). The molecule has 0 amide bonds. The molecule has 0 aliphatic rings. The molecule has 1 aromatic carbocycles. The Bertz CT molecular complexity index is 627. The Morgan fingerprint density at radius 2 is 1.84 bits per heavy atom. The van der Waals surface area contributed by atoms with Crippen molar-refractivity contribution in [3.05, 3.63) is 41.1 Å². The molecule has 1 aromatic heterocycles. The third-order valence-electron chi connectivity index (χ3n) is 2.67. The number of methoxy groups -OCH3 is 1. The van der Waals surface area contributed by atoms with Gasteiger partial charge in [-0.1, -0.05) is 18.2 Å². The van der Waals surface area contributed by atoms with Crippen LogP contribution in [-0.2, 0) is 0 Å². The quantitative estimate of drug-likeness (QED) is 0.843. The second-order valence-electron chi connectivity index (χ2n) is 4.04. The molecule has 5 nitrogen and oxygen atoms in total. The van der Waals surface area contributed by atoms with Crippen LogP contribution in [0, 0.1) is 25.2 Å². The average molecular weight is 255 g/mol. The first-order valence-corrected chi connectivity index (χ1v) is 5.71. The highest BCUT2D eigenvalue weighted by Crippen LogP contribution is 2.32. The van der Waals surface area contributed by atoms with Crippen molar-refractivity contribution in [3.8, 4) is 23.4 Å². The van der Waals surface area contributed by atoms with E-state index in [1.54, 1.807) is 0 Å². The van der Waals surface area contributed by atoms with Gasteiger partial charge in [0.25, 0.3) is 5.88 Å². The molecule has 2 aromatic rings. The maximum absolute atomic E-state index is 8.78. The summed E-state index contributed by atoms with van der Waals surface area (Å²) in [5, 5.41) is 16.4. The van der Waals surface area contributed by atoms with E-state index >= 15 is 0 Å². The maximum Gasteiger partial charge on any atom is 0.281 e. The normalized spacial score (nSPS) is 9.79. The summed E-state index contributed by atoms with van der Waals surface area (Å²) in [6, 6.07) is 9.26. The van der Waals surface area contributed by atoms with Gasteiger partial charge >= 0.3 is 0 Å². The van der Waals surface area contributed by atoms with Gasteiger partial charge < -0.3 is 9.47 Å². The van der Waals surface area contributed by atoms with Crippen LogP contribution < -0.4 is 9.47 Å². The molecule has 0 unspecified atom stereocenters. The summed E-state index contributed by atoms with van der Waals surface area (Å²) in [5.41, 5.74) is 2.17. The van der Waals surface area contributed by atoms with Gasteiger partial charge in [0.05, 0.1) is 7.11 Å². The summed E-state index contributed by atoms with van der Waals surface area (Å²) < 4.78 is 10.9. The van der Waals surface area contributed by atoms with Gasteiger partial charge in [0.1, 0.15) is 11.8 Å². The van der Waals surface area contributed by atoms with Crippen molar-refractivity contribution in [1.82, 2.24) is 10.2 Å². The topological polar surface area (TPSA) is 68.0 Å². The summed E-state index contributed by atoms with van der Waals surface area (Å²) in [6.45, 7) is 3.90. The minimum atomic E-state index is 0.186. The zero-order valence-corrected chi connectivity index (χ0v) is 11.0. The minimum absolute atomic E-state index is 0.186. The molecular weight excluding hydrogens is 242 g/mol. The van der Waals surface area contributed by atoms with E-state index in [-0.39, 0.29) is 11.6 Å². The number of nitrogens with zero attached hydrogens (tertiary/aromatic N) is 3. The highest BCUT2D eigenvalue weighted by atomic mass is 16.5. The van der Waals surface area contributed by atoms with Crippen LogP contribution in [0.5, 0.6) is 17.4 Å². The Kier molecular flexibility index (Phi) is 3.62. The molecule has 1 heterocycles. The molecule has 0 atom stereocenters. The first-order valence-electron chi connectivity index (χ1n) is 5.71. The summed E-state index contributed by atoms with van der Waals surface area (Å²) >= 11 is 0. The molecule has 0 fully saturated rings. The van der Waals surface area contributed by atoms with Gasteiger partial charge in [-0.25, -0.2) is 0 Å². The molecule has 0 saturated heterocycles. The number of para-hydroxylation sites is 1. The molecule has 0 N–H and O–H groups in total. The van der Waals surface area contributed by atoms with E-state index in [0.717, 1.165) is 16.9 Å². The standard InChI is InChI=1S/C14H13N3O2/c1-9-5-4-6-10(2)13(9)19-14-12(18-3)7-11(8-15)16-17-14/h4-7H,1-3H3. The third kappa shape index (κ3) is 2.63. The van der Waals surface area contributed by atoms with Gasteiger partial charge in [-0.15, -0.1) is 10.2 Å². The van der Waals surface area contributed by atoms with Crippen LogP contribution in [0.4, 0.5) is 0 Å². The predicted molar refractivity (Wildman–Crippen MR) is 69.3 cm³/mol. The fraction of sp³-hybridized carbons (Fsp3) is 0.214. The van der Waals surface area contributed by atoms with Gasteiger partial charge in [0.15, 0.2) is 11.4 Å². The lowest BCUT2D eigenvalue weighted by Crippen LogP contribution is -1.99. The summed E-state index contributed by atoms with van der Waals surface area (Å²) in [4.78, 5) is 0. The molecule has 96 valence electrons. The van der Waals surface area contributed by atoms with Crippen LogP contribution in [0.25, 0.3) is 0 Å². The Labute approximate surface area is 111 Å². The lowest BCUT2D eigenvalue weighted by molar-refractivity contribution is 0.363. The van der Waals surface area contributed by atoms with Crippen molar-refractivity contribution in [3.63, 3.8) is 0 Å². The molecule has 0 radical (unpaired) electrons. The number of aryl methyl sites for hydroxylation is 2. The Morgan fingerprint density at radius 3 is 2.42 bits per heavy atom. The fourth-order valence-corrected chi connectivity index (χ4v) is 1.69. The zero-order valence-electron chi connectivity index (χ0n) is 11.0. The van der Waals surface area contributed by atoms with Crippen molar-refractivity contribution in [2.75, 3.05) is 7.11 Å². The molecule has 0 bridgehead atoms. The maximum atomic E-state index is 8.78. The Morgan fingerprint density at radius 1 is 1.16 bits per heavy atom. The lowest BCUT2D eigenvalue weighted by atomic mass is 10.1. The number of rotatable bonds is 3. The number of hydrogen-bond acceptors (Lipinski definition) is 5. The van der Waals surface area contributed by atoms with Crippen LogP contribution in [0.15, 0.2) is 24.3 Å². The van der Waals surface area contributed by atoms with E-state index < -0.39 is 0 Å². The van der Waals surface area contributed by atoms with Crippen LogP contribution >= 0.6 is 0 Å². The van der Waals surface area contributed by atoms with E-state index in [2.05, 4.69) is 10.2 Å². The largest absolute Gasteiger partial charge is 0.491 e. The first kappa shape index (κ1) is 12.8. The number of nitriles is 1. The Balaban J connectivity index is 2.41. The number of ether oxygens (including phenoxy) is 2. The SMILES string of the molecule is COc1cc(C#N)nnc1Oc1c(C)cccc1C. The monoisotopic (exact) mass is 255 g/mol. The van der Waals surface area contributed by atoms with Crippen LogP contribution in [0.1, 0.15) is 16.8 Å². The molecule has 0 aliphatic heterocycles. The van der Waals surface area contributed by atoms with E-state index in [9.17, 15) is 0 Å². The highest BCUT2D eigenvalue weighted by Gasteiger charge is 2.12. The predicted octanol–water partition coefficient (Wildman–Crippen LogP) is 2.77. The summed E-state index contributed by atoms with van der Waals surface area (Å²) in [5.74, 6) is 1.35. The second kappa shape index (κ2) is 5.36. The van der Waals surface area contributed by atoms with Crippen molar-refractivity contribution >= 4 is 0 Å². The van der Waals surface area contributed by atoms with Crippen molar-refractivity contribution in [2.24, 2.45) is 0 Å². The zero-order chi connectivity index (χ0) is 13.8. The third-order valence-corrected chi connectivity index (χ3v) is 2.67. The van der Waals surface area contributed by atoms with Gasteiger partial charge in [0.2, 0.25) is 0 Å². The molecule has 5 heteroatoms. The fourth-order valence-electron chi connectivity index (χ4n) is 1.69. The highest BCUT2D eigenvalue weighted by molar-refractivity contribution is 5.45. The van der Waals surface area contributed by atoms with Crippen molar-refractivity contribution in [2.45, 2.75) is 13.8 Å². The van der Waals surface area contributed by atoms with E-state index in [0.29, 0.717) is 5.75 Å². The first-order chi connectivity index (χ1) is 9.15. The van der Waals surface area contributed by atoms with Gasteiger partial charge in [-0.2, -0.15) is 5.26 Å². The minimum Gasteiger partial charge on any atom is -0.491 e. The number of hydrogen-bond donors (Lipinski definition) is 0. The van der Waals surface area contributed by atoms with Gasteiger partial charge in [0, 0.05) is 6.07 Å². The lowest BCUT2D eigenvalue weighted by Gasteiger charge is -2.12. The Hall–Kier alpha value is -2.61. The smallest absolute Gasteiger partial charge is 0.281 e. The average Bonchev–Trinajstić information content (AvgIpc) is 2.43. The van der Waals surface area contributed by atoms with Crippen LogP contribution in [0.2, 0.25) is 0 Å². The van der Waals surface area contributed by atoms with E-state index in [1.165, 1.54) is 13.2 Å². The van der Waals surface area contributed by atoms with Crippen LogP contribution in [-0.4, -0.2) is 17.3 Å². The molecule has 0 saturated carbocycles. The number of aromatic nitrogens is 2. The van der Waals surface area contributed by atoms with Crippen molar-refractivity contribution in [1.29, 1.82) is 5.26 Å². The summed E-state index contributed by atoms with van der Waals surface area (Å²) in [7, 11) is 1.50. The molecule has 19 heavy (non-hydrogen) atoms. The number of benzene rings is 1. The van der Waals surface area contributed by atoms with Crippen molar-refractivity contribution < 1.29 is 9.47 Å². The second-order valence-corrected chi connectivity index (χ2v) is 4.04. The summed E-state index contributed by atoms with van der Waals surface area (Å²) in [6.07, 6.45) is 0. The molecular formula is C14H13N3O2. The molecule has 0 aliphatic carbocycles. The molecule has 0 spiro atoms. The van der Waals surface area contributed by atoms with Gasteiger partial charge in [-0.3, -0.25) is 0 Å². The van der Waals surface area contributed by atoms with Crippen LogP contribution in [0.3, 0.4) is 0 Å².